The molecule has 144 valence electrons. The predicted molar refractivity (Wildman–Crippen MR) is 108 cm³/mol. The summed E-state index contributed by atoms with van der Waals surface area (Å²) < 4.78 is 11.5. The molecule has 0 bridgehead atoms. The highest BCUT2D eigenvalue weighted by Crippen LogP contribution is 2.28. The minimum absolute atomic E-state index is 0.00281. The third-order valence-corrected chi connectivity index (χ3v) is 5.86. The molecule has 0 aliphatic carbocycles. The number of hydrogen-bond acceptors (Lipinski definition) is 4. The fourth-order valence-corrected chi connectivity index (χ4v) is 4.23. The number of nitrogens with zero attached hydrogens (tertiary/aromatic N) is 2. The number of piperazine rings is 1. The monoisotopic (exact) mass is 376 g/mol. The molecule has 2 aliphatic rings. The second-order valence-corrected chi connectivity index (χ2v) is 7.66. The maximum Gasteiger partial charge on any atom is 0.289 e. The van der Waals surface area contributed by atoms with Crippen LogP contribution in [0.4, 0.5) is 0 Å². The van der Waals surface area contributed by atoms with Crippen molar-refractivity contribution in [3.05, 3.63) is 64.9 Å². The normalized spacial score (nSPS) is 17.0. The van der Waals surface area contributed by atoms with Crippen molar-refractivity contribution < 1.29 is 13.9 Å². The zero-order chi connectivity index (χ0) is 19.1. The van der Waals surface area contributed by atoms with E-state index in [9.17, 15) is 4.79 Å². The molecule has 0 saturated carbocycles. The van der Waals surface area contributed by atoms with Crippen LogP contribution < -0.4 is 4.74 Å². The van der Waals surface area contributed by atoms with Gasteiger partial charge >= 0.3 is 0 Å². The summed E-state index contributed by atoms with van der Waals surface area (Å²) in [7, 11) is 0. The van der Waals surface area contributed by atoms with E-state index in [-0.39, 0.29) is 5.91 Å². The zero-order valence-corrected chi connectivity index (χ0v) is 16.1. The van der Waals surface area contributed by atoms with E-state index in [0.29, 0.717) is 5.76 Å². The molecule has 5 rings (SSSR count). The van der Waals surface area contributed by atoms with E-state index in [1.54, 1.807) is 0 Å². The summed E-state index contributed by atoms with van der Waals surface area (Å²) in [4.78, 5) is 17.3. The lowest BCUT2D eigenvalue weighted by Crippen LogP contribution is -2.48. The second-order valence-electron chi connectivity index (χ2n) is 7.66. The van der Waals surface area contributed by atoms with Gasteiger partial charge in [0, 0.05) is 50.1 Å². The predicted octanol–water partition coefficient (Wildman–Crippen LogP) is 3.63. The molecule has 0 radical (unpaired) electrons. The van der Waals surface area contributed by atoms with Gasteiger partial charge in [0.15, 0.2) is 5.76 Å². The molecule has 5 heteroatoms. The van der Waals surface area contributed by atoms with E-state index in [1.807, 2.05) is 36.1 Å². The lowest BCUT2D eigenvalue weighted by Gasteiger charge is -2.34. The first-order valence-electron chi connectivity index (χ1n) is 9.93. The van der Waals surface area contributed by atoms with Gasteiger partial charge in [0.1, 0.15) is 11.3 Å². The van der Waals surface area contributed by atoms with E-state index in [1.165, 1.54) is 11.1 Å². The molecular weight excluding hydrogens is 352 g/mol. The Morgan fingerprint density at radius 3 is 2.71 bits per heavy atom. The number of fused-ring (bicyclic) bond motifs is 2. The number of carbonyl (C=O) groups excluding carboxylic acids is 1. The Balaban J connectivity index is 1.24. The molecule has 3 aromatic rings. The Labute approximate surface area is 164 Å². The lowest BCUT2D eigenvalue weighted by molar-refractivity contribution is 0.0599. The summed E-state index contributed by atoms with van der Waals surface area (Å²) >= 11 is 0. The fourth-order valence-electron chi connectivity index (χ4n) is 4.23. The summed E-state index contributed by atoms with van der Waals surface area (Å²) in [5.74, 6) is 1.51. The Hall–Kier alpha value is -2.79. The Morgan fingerprint density at radius 2 is 1.89 bits per heavy atom. The van der Waals surface area contributed by atoms with Gasteiger partial charge in [-0.3, -0.25) is 9.69 Å². The van der Waals surface area contributed by atoms with Gasteiger partial charge in [-0.2, -0.15) is 0 Å². The molecule has 28 heavy (non-hydrogen) atoms. The van der Waals surface area contributed by atoms with Crippen LogP contribution in [0.1, 0.15) is 27.2 Å². The molecule has 2 aliphatic heterocycles. The molecule has 3 heterocycles. The number of carbonyl (C=O) groups is 1. The summed E-state index contributed by atoms with van der Waals surface area (Å²) in [5.41, 5.74) is 4.34. The van der Waals surface area contributed by atoms with E-state index in [4.69, 9.17) is 9.15 Å². The van der Waals surface area contributed by atoms with Crippen molar-refractivity contribution in [3.63, 3.8) is 0 Å². The SMILES string of the molecule is Cc1c(C(=O)N2CCN(Cc3ccc4c(c3)CCO4)CC2)oc2ccccc12. The van der Waals surface area contributed by atoms with E-state index in [2.05, 4.69) is 23.1 Å². The van der Waals surface area contributed by atoms with Crippen LogP contribution in [0.3, 0.4) is 0 Å². The summed E-state index contributed by atoms with van der Waals surface area (Å²) in [6, 6.07) is 14.3. The van der Waals surface area contributed by atoms with Crippen molar-refractivity contribution >= 4 is 16.9 Å². The van der Waals surface area contributed by atoms with Crippen molar-refractivity contribution in [1.82, 2.24) is 9.80 Å². The van der Waals surface area contributed by atoms with Gasteiger partial charge < -0.3 is 14.1 Å². The van der Waals surface area contributed by atoms with Crippen LogP contribution in [0.2, 0.25) is 0 Å². The van der Waals surface area contributed by atoms with E-state index < -0.39 is 0 Å². The third-order valence-electron chi connectivity index (χ3n) is 5.86. The standard InChI is InChI=1S/C23H24N2O3/c1-16-19-4-2-3-5-21(19)28-22(16)23(26)25-11-9-24(10-12-25)15-17-6-7-20-18(14-17)8-13-27-20/h2-7,14H,8-13,15H2,1H3. The number of hydrogen-bond donors (Lipinski definition) is 0. The van der Waals surface area contributed by atoms with Crippen molar-refractivity contribution in [2.24, 2.45) is 0 Å². The smallest absolute Gasteiger partial charge is 0.289 e. The topological polar surface area (TPSA) is 45.9 Å². The molecular formula is C23H24N2O3. The molecule has 1 aromatic heterocycles. The van der Waals surface area contributed by atoms with Crippen LogP contribution in [0.25, 0.3) is 11.0 Å². The van der Waals surface area contributed by atoms with Crippen LogP contribution in [0.5, 0.6) is 5.75 Å². The van der Waals surface area contributed by atoms with Crippen LogP contribution >= 0.6 is 0 Å². The number of benzene rings is 2. The number of furan rings is 1. The molecule has 0 atom stereocenters. The van der Waals surface area contributed by atoms with Gasteiger partial charge in [0.05, 0.1) is 6.61 Å². The Morgan fingerprint density at radius 1 is 1.07 bits per heavy atom. The number of aryl methyl sites for hydroxylation is 1. The molecule has 1 saturated heterocycles. The number of ether oxygens (including phenoxy) is 1. The van der Waals surface area contributed by atoms with Crippen molar-refractivity contribution in [2.75, 3.05) is 32.8 Å². The molecule has 1 amide bonds. The maximum absolute atomic E-state index is 13.0. The number of rotatable bonds is 3. The Kier molecular flexibility index (Phi) is 4.32. The molecule has 0 spiro atoms. The summed E-state index contributed by atoms with van der Waals surface area (Å²) in [5, 5.41) is 1.02. The highest BCUT2D eigenvalue weighted by atomic mass is 16.5. The highest BCUT2D eigenvalue weighted by molar-refractivity contribution is 5.98. The van der Waals surface area contributed by atoms with Crippen LogP contribution in [-0.2, 0) is 13.0 Å². The molecule has 2 aromatic carbocycles. The molecule has 1 fully saturated rings. The van der Waals surface area contributed by atoms with E-state index in [0.717, 1.165) is 68.0 Å². The van der Waals surface area contributed by atoms with Crippen LogP contribution in [0.15, 0.2) is 46.9 Å². The van der Waals surface area contributed by atoms with Gasteiger partial charge in [-0.15, -0.1) is 0 Å². The Bertz CT molecular complexity index is 1030. The average molecular weight is 376 g/mol. The fraction of sp³-hybridized carbons (Fsp3) is 0.348. The van der Waals surface area contributed by atoms with Crippen LogP contribution in [-0.4, -0.2) is 48.5 Å². The first kappa shape index (κ1) is 17.3. The average Bonchev–Trinajstić information content (AvgIpc) is 3.32. The van der Waals surface area contributed by atoms with Crippen molar-refractivity contribution in [2.45, 2.75) is 19.9 Å². The largest absolute Gasteiger partial charge is 0.493 e. The highest BCUT2D eigenvalue weighted by Gasteiger charge is 2.26. The van der Waals surface area contributed by atoms with Gasteiger partial charge in [0.25, 0.3) is 5.91 Å². The summed E-state index contributed by atoms with van der Waals surface area (Å²) in [6.07, 6.45) is 1.00. The molecule has 5 nitrogen and oxygen atoms in total. The minimum Gasteiger partial charge on any atom is -0.493 e. The van der Waals surface area contributed by atoms with Crippen molar-refractivity contribution in [1.29, 1.82) is 0 Å². The number of amides is 1. The molecule has 0 unspecified atom stereocenters. The number of para-hydroxylation sites is 1. The van der Waals surface area contributed by atoms with Gasteiger partial charge in [0.2, 0.25) is 0 Å². The van der Waals surface area contributed by atoms with Crippen LogP contribution in [0, 0.1) is 6.92 Å². The third kappa shape index (κ3) is 3.06. The lowest BCUT2D eigenvalue weighted by atomic mass is 10.1. The van der Waals surface area contributed by atoms with Gasteiger partial charge in [-0.05, 0) is 30.2 Å². The summed E-state index contributed by atoms with van der Waals surface area (Å²) in [6.45, 7) is 6.87. The first-order valence-corrected chi connectivity index (χ1v) is 9.93. The second kappa shape index (κ2) is 6.99. The van der Waals surface area contributed by atoms with E-state index >= 15 is 0 Å². The zero-order valence-electron chi connectivity index (χ0n) is 16.1. The maximum atomic E-state index is 13.0. The van der Waals surface area contributed by atoms with Gasteiger partial charge in [-0.25, -0.2) is 0 Å². The van der Waals surface area contributed by atoms with Gasteiger partial charge in [-0.1, -0.05) is 30.3 Å². The van der Waals surface area contributed by atoms with Crippen molar-refractivity contribution in [3.8, 4) is 5.75 Å². The minimum atomic E-state index is 0.00281. The molecule has 0 N–H and O–H groups in total. The quantitative estimate of drug-likeness (QED) is 0.700. The first-order chi connectivity index (χ1) is 13.7.